The van der Waals surface area contributed by atoms with Gasteiger partial charge >= 0.3 is 0 Å². The number of nitrogens with zero attached hydrogens (tertiary/aromatic N) is 3. The van der Waals surface area contributed by atoms with Gasteiger partial charge in [0.1, 0.15) is 5.82 Å². The number of nitriles is 1. The van der Waals surface area contributed by atoms with Crippen LogP contribution in [0.5, 0.6) is 0 Å². The van der Waals surface area contributed by atoms with E-state index in [0.717, 1.165) is 0 Å². The van der Waals surface area contributed by atoms with E-state index in [-0.39, 0.29) is 5.95 Å². The lowest BCUT2D eigenvalue weighted by Crippen LogP contribution is -2.16. The van der Waals surface area contributed by atoms with Crippen molar-refractivity contribution >= 4 is 16.0 Å². The Morgan fingerprint density at radius 3 is 2.85 bits per heavy atom. The zero-order valence-electron chi connectivity index (χ0n) is 6.77. The molecule has 7 nitrogen and oxygen atoms in total. The third kappa shape index (κ3) is 2.72. The molecule has 70 valence electrons. The highest BCUT2D eigenvalue weighted by Gasteiger charge is 2.11. The SMILES string of the molecule is Cc1nc(NS(=O)(=O)CC#N)n[nH]1. The van der Waals surface area contributed by atoms with Crippen LogP contribution >= 0.6 is 0 Å². The summed E-state index contributed by atoms with van der Waals surface area (Å²) in [5.74, 6) is -0.164. The van der Waals surface area contributed by atoms with E-state index < -0.39 is 15.8 Å². The summed E-state index contributed by atoms with van der Waals surface area (Å²) in [6.45, 7) is 1.63. The van der Waals surface area contributed by atoms with E-state index in [4.69, 9.17) is 5.26 Å². The first kappa shape index (κ1) is 9.47. The maximum atomic E-state index is 11.0. The summed E-state index contributed by atoms with van der Waals surface area (Å²) in [7, 11) is -3.63. The second kappa shape index (κ2) is 3.40. The first-order valence-electron chi connectivity index (χ1n) is 3.30. The minimum absolute atomic E-state index is 0.0484. The van der Waals surface area contributed by atoms with Crippen molar-refractivity contribution in [2.24, 2.45) is 0 Å². The minimum atomic E-state index is -3.63. The molecule has 1 heterocycles. The Bertz CT molecular complexity index is 428. The molecule has 0 atom stereocenters. The van der Waals surface area contributed by atoms with Gasteiger partial charge < -0.3 is 0 Å². The van der Waals surface area contributed by atoms with Gasteiger partial charge in [-0.25, -0.2) is 13.1 Å². The molecule has 0 aliphatic carbocycles. The van der Waals surface area contributed by atoms with Crippen LogP contribution in [-0.4, -0.2) is 29.4 Å². The molecule has 0 unspecified atom stereocenters. The molecule has 1 rings (SSSR count). The third-order valence-corrected chi connectivity index (χ3v) is 2.10. The summed E-state index contributed by atoms with van der Waals surface area (Å²) >= 11 is 0. The van der Waals surface area contributed by atoms with E-state index >= 15 is 0 Å². The lowest BCUT2D eigenvalue weighted by atomic mass is 10.8. The molecule has 1 aromatic rings. The summed E-state index contributed by atoms with van der Waals surface area (Å²) in [6, 6.07) is 1.52. The monoisotopic (exact) mass is 201 g/mol. The smallest absolute Gasteiger partial charge is 0.255 e. The molecular formula is C5H7N5O2S. The van der Waals surface area contributed by atoms with Crippen molar-refractivity contribution in [2.45, 2.75) is 6.92 Å². The van der Waals surface area contributed by atoms with Crippen molar-refractivity contribution in [1.82, 2.24) is 15.2 Å². The Morgan fingerprint density at radius 2 is 2.38 bits per heavy atom. The van der Waals surface area contributed by atoms with Crippen molar-refractivity contribution in [1.29, 1.82) is 5.26 Å². The summed E-state index contributed by atoms with van der Waals surface area (Å²) in [5.41, 5.74) is 0. The number of hydrogen-bond donors (Lipinski definition) is 2. The molecular weight excluding hydrogens is 194 g/mol. The summed E-state index contributed by atoms with van der Waals surface area (Å²) in [4.78, 5) is 3.71. The van der Waals surface area contributed by atoms with Gasteiger partial charge in [0.05, 0.1) is 6.07 Å². The van der Waals surface area contributed by atoms with E-state index in [1.54, 1.807) is 6.92 Å². The molecule has 0 saturated carbocycles. The van der Waals surface area contributed by atoms with Gasteiger partial charge in [-0.05, 0) is 6.92 Å². The topological polar surface area (TPSA) is 112 Å². The molecule has 1 aromatic heterocycles. The fourth-order valence-corrected chi connectivity index (χ4v) is 1.26. The molecule has 0 aromatic carbocycles. The van der Waals surface area contributed by atoms with Crippen LogP contribution in [0.4, 0.5) is 5.95 Å². The predicted octanol–water partition coefficient (Wildman–Crippen LogP) is -0.622. The van der Waals surface area contributed by atoms with E-state index in [1.165, 1.54) is 6.07 Å². The highest BCUT2D eigenvalue weighted by Crippen LogP contribution is 2.00. The molecule has 2 N–H and O–H groups in total. The normalized spacial score (nSPS) is 10.8. The van der Waals surface area contributed by atoms with Gasteiger partial charge in [-0.15, -0.1) is 5.10 Å². The summed E-state index contributed by atoms with van der Waals surface area (Å²) in [6.07, 6.45) is 0. The minimum Gasteiger partial charge on any atom is -0.261 e. The molecule has 13 heavy (non-hydrogen) atoms. The average molecular weight is 201 g/mol. The van der Waals surface area contributed by atoms with Crippen molar-refractivity contribution in [3.8, 4) is 6.07 Å². The molecule has 0 amide bonds. The van der Waals surface area contributed by atoms with Crippen molar-refractivity contribution in [3.63, 3.8) is 0 Å². The van der Waals surface area contributed by atoms with Gasteiger partial charge in [-0.1, -0.05) is 0 Å². The number of hydrogen-bond acceptors (Lipinski definition) is 5. The van der Waals surface area contributed by atoms with Crippen LogP contribution in [-0.2, 0) is 10.0 Å². The molecule has 0 saturated heterocycles. The highest BCUT2D eigenvalue weighted by atomic mass is 32.2. The second-order valence-corrected chi connectivity index (χ2v) is 3.99. The van der Waals surface area contributed by atoms with Crippen LogP contribution in [0.15, 0.2) is 0 Å². The van der Waals surface area contributed by atoms with Crippen LogP contribution in [0.1, 0.15) is 5.82 Å². The van der Waals surface area contributed by atoms with Gasteiger partial charge in [-0.2, -0.15) is 10.2 Å². The number of anilines is 1. The summed E-state index contributed by atoms with van der Waals surface area (Å²) < 4.78 is 24.0. The van der Waals surface area contributed by atoms with E-state index in [1.807, 2.05) is 4.72 Å². The van der Waals surface area contributed by atoms with E-state index in [0.29, 0.717) is 5.82 Å². The zero-order valence-corrected chi connectivity index (χ0v) is 7.59. The fraction of sp³-hybridized carbons (Fsp3) is 0.400. The Morgan fingerprint density at radius 1 is 1.69 bits per heavy atom. The molecule has 0 radical (unpaired) electrons. The molecule has 8 heteroatoms. The molecule has 0 aliphatic heterocycles. The number of aromatic nitrogens is 3. The average Bonchev–Trinajstić information content (AvgIpc) is 2.34. The Hall–Kier alpha value is -1.62. The quantitative estimate of drug-likeness (QED) is 0.676. The standard InChI is InChI=1S/C5H7N5O2S/c1-4-7-5(9-8-4)10-13(11,12)3-2-6/h3H2,1H3,(H2,7,8,9,10). The van der Waals surface area contributed by atoms with Crippen LogP contribution in [0, 0.1) is 18.3 Å². The maximum Gasteiger partial charge on any atom is 0.255 e. The number of aryl methyl sites for hydroxylation is 1. The molecule has 0 bridgehead atoms. The van der Waals surface area contributed by atoms with Crippen LogP contribution in [0.3, 0.4) is 0 Å². The Balaban J connectivity index is 2.76. The van der Waals surface area contributed by atoms with E-state index in [9.17, 15) is 8.42 Å². The van der Waals surface area contributed by atoms with Gasteiger partial charge in [0.25, 0.3) is 5.95 Å². The fourth-order valence-electron chi connectivity index (χ4n) is 0.648. The van der Waals surface area contributed by atoms with Crippen LogP contribution in [0.2, 0.25) is 0 Å². The summed E-state index contributed by atoms with van der Waals surface area (Å²) in [5, 5.41) is 14.2. The van der Waals surface area contributed by atoms with Gasteiger partial charge in [0.15, 0.2) is 5.75 Å². The first-order valence-corrected chi connectivity index (χ1v) is 4.95. The predicted molar refractivity (Wildman–Crippen MR) is 44.1 cm³/mol. The van der Waals surface area contributed by atoms with Gasteiger partial charge in [0, 0.05) is 0 Å². The number of H-pyrrole nitrogens is 1. The number of aromatic amines is 1. The van der Waals surface area contributed by atoms with Gasteiger partial charge in [0.2, 0.25) is 10.0 Å². The van der Waals surface area contributed by atoms with E-state index in [2.05, 4.69) is 15.2 Å². The van der Waals surface area contributed by atoms with Crippen LogP contribution < -0.4 is 4.72 Å². The third-order valence-electron chi connectivity index (χ3n) is 1.10. The van der Waals surface area contributed by atoms with Gasteiger partial charge in [-0.3, -0.25) is 5.10 Å². The molecule has 0 aliphatic rings. The molecule has 0 fully saturated rings. The lowest BCUT2D eigenvalue weighted by molar-refractivity contribution is 0.604. The lowest BCUT2D eigenvalue weighted by Gasteiger charge is -1.97. The largest absolute Gasteiger partial charge is 0.261 e. The molecule has 0 spiro atoms. The zero-order chi connectivity index (χ0) is 9.90. The van der Waals surface area contributed by atoms with Crippen LogP contribution in [0.25, 0.3) is 0 Å². The number of rotatable bonds is 3. The van der Waals surface area contributed by atoms with Crippen molar-refractivity contribution < 1.29 is 8.42 Å². The van der Waals surface area contributed by atoms with Crippen molar-refractivity contribution in [3.05, 3.63) is 5.82 Å². The second-order valence-electron chi connectivity index (χ2n) is 2.26. The number of sulfonamides is 1. The Kier molecular flexibility index (Phi) is 2.48. The highest BCUT2D eigenvalue weighted by molar-refractivity contribution is 7.92. The van der Waals surface area contributed by atoms with Crippen molar-refractivity contribution in [2.75, 3.05) is 10.5 Å². The number of nitrogens with one attached hydrogen (secondary N) is 2. The Labute approximate surface area is 74.8 Å². The first-order chi connectivity index (χ1) is 6.03. The maximum absolute atomic E-state index is 11.0.